The third-order valence-corrected chi connectivity index (χ3v) is 5.90. The first-order valence-electron chi connectivity index (χ1n) is 9.21. The molecule has 1 spiro atoms. The SMILES string of the molecule is OC(CCC1CCCCO1)C1CCOC2(CCCCC2)C1. The lowest BCUT2D eigenvalue weighted by molar-refractivity contribution is -0.135. The van der Waals surface area contributed by atoms with Crippen LogP contribution in [0, 0.1) is 5.92 Å². The molecule has 0 amide bonds. The van der Waals surface area contributed by atoms with E-state index >= 15 is 0 Å². The number of aliphatic hydroxyl groups excluding tert-OH is 1. The van der Waals surface area contributed by atoms with Crippen molar-refractivity contribution in [3.05, 3.63) is 0 Å². The highest BCUT2D eigenvalue weighted by Gasteiger charge is 2.40. The summed E-state index contributed by atoms with van der Waals surface area (Å²) >= 11 is 0. The van der Waals surface area contributed by atoms with E-state index in [0.717, 1.165) is 38.9 Å². The van der Waals surface area contributed by atoms with Gasteiger partial charge in [0.1, 0.15) is 0 Å². The highest BCUT2D eigenvalue weighted by Crippen LogP contribution is 2.42. The molecule has 3 fully saturated rings. The van der Waals surface area contributed by atoms with Gasteiger partial charge in [0.25, 0.3) is 0 Å². The minimum absolute atomic E-state index is 0.115. The second kappa shape index (κ2) is 7.43. The van der Waals surface area contributed by atoms with Crippen LogP contribution in [-0.2, 0) is 9.47 Å². The van der Waals surface area contributed by atoms with Crippen LogP contribution < -0.4 is 0 Å². The predicted octanol–water partition coefficient (Wildman–Crippen LogP) is 3.83. The molecule has 0 radical (unpaired) electrons. The normalized spacial score (nSPS) is 34.7. The summed E-state index contributed by atoms with van der Waals surface area (Å²) in [6.07, 6.45) is 14.4. The van der Waals surface area contributed by atoms with Crippen LogP contribution in [0.4, 0.5) is 0 Å². The van der Waals surface area contributed by atoms with E-state index < -0.39 is 0 Å². The molecule has 3 nitrogen and oxygen atoms in total. The highest BCUT2D eigenvalue weighted by atomic mass is 16.5. The van der Waals surface area contributed by atoms with Gasteiger partial charge in [0, 0.05) is 13.2 Å². The average molecular weight is 296 g/mol. The first kappa shape index (κ1) is 15.8. The zero-order chi connectivity index (χ0) is 14.5. The van der Waals surface area contributed by atoms with Crippen LogP contribution in [0.15, 0.2) is 0 Å². The maximum Gasteiger partial charge on any atom is 0.0686 e. The third-order valence-electron chi connectivity index (χ3n) is 5.90. The van der Waals surface area contributed by atoms with Gasteiger partial charge >= 0.3 is 0 Å². The van der Waals surface area contributed by atoms with E-state index in [9.17, 15) is 5.11 Å². The molecule has 3 atom stereocenters. The van der Waals surface area contributed by atoms with Gasteiger partial charge in [-0.25, -0.2) is 0 Å². The van der Waals surface area contributed by atoms with Crippen molar-refractivity contribution in [2.75, 3.05) is 13.2 Å². The largest absolute Gasteiger partial charge is 0.393 e. The van der Waals surface area contributed by atoms with Crippen LogP contribution in [0.3, 0.4) is 0 Å². The maximum absolute atomic E-state index is 10.6. The third kappa shape index (κ3) is 4.20. The molecule has 3 heteroatoms. The lowest BCUT2D eigenvalue weighted by Gasteiger charge is -2.44. The number of ether oxygens (including phenoxy) is 2. The van der Waals surface area contributed by atoms with Gasteiger partial charge in [0.15, 0.2) is 0 Å². The van der Waals surface area contributed by atoms with E-state index in [1.54, 1.807) is 0 Å². The summed E-state index contributed by atoms with van der Waals surface area (Å²) < 4.78 is 11.9. The Morgan fingerprint density at radius 1 is 1.00 bits per heavy atom. The lowest BCUT2D eigenvalue weighted by Crippen LogP contribution is -2.44. The molecular formula is C18H32O3. The van der Waals surface area contributed by atoms with Crippen molar-refractivity contribution < 1.29 is 14.6 Å². The molecule has 122 valence electrons. The van der Waals surface area contributed by atoms with Crippen molar-refractivity contribution in [2.24, 2.45) is 5.92 Å². The molecule has 3 rings (SSSR count). The van der Waals surface area contributed by atoms with E-state index in [1.165, 1.54) is 51.4 Å². The molecule has 21 heavy (non-hydrogen) atoms. The second-order valence-electron chi connectivity index (χ2n) is 7.48. The summed E-state index contributed by atoms with van der Waals surface area (Å²) in [5.74, 6) is 0.445. The van der Waals surface area contributed by atoms with Gasteiger partial charge in [-0.1, -0.05) is 19.3 Å². The Labute approximate surface area is 129 Å². The van der Waals surface area contributed by atoms with E-state index in [1.807, 2.05) is 0 Å². The molecule has 0 bridgehead atoms. The Morgan fingerprint density at radius 2 is 1.86 bits per heavy atom. The highest BCUT2D eigenvalue weighted by molar-refractivity contribution is 4.91. The molecule has 2 aliphatic heterocycles. The smallest absolute Gasteiger partial charge is 0.0686 e. The van der Waals surface area contributed by atoms with Gasteiger partial charge in [-0.15, -0.1) is 0 Å². The zero-order valence-electron chi connectivity index (χ0n) is 13.4. The molecule has 1 saturated carbocycles. The Morgan fingerprint density at radius 3 is 2.62 bits per heavy atom. The van der Waals surface area contributed by atoms with Gasteiger partial charge in [-0.05, 0) is 63.7 Å². The lowest BCUT2D eigenvalue weighted by atomic mass is 9.74. The Hall–Kier alpha value is -0.120. The fourth-order valence-corrected chi connectivity index (χ4v) is 4.57. The topological polar surface area (TPSA) is 38.7 Å². The van der Waals surface area contributed by atoms with Gasteiger partial charge in [-0.3, -0.25) is 0 Å². The van der Waals surface area contributed by atoms with Crippen molar-refractivity contribution in [3.8, 4) is 0 Å². The summed E-state index contributed by atoms with van der Waals surface area (Å²) in [7, 11) is 0. The quantitative estimate of drug-likeness (QED) is 0.857. The van der Waals surface area contributed by atoms with Crippen LogP contribution >= 0.6 is 0 Å². The molecule has 0 aromatic carbocycles. The van der Waals surface area contributed by atoms with Crippen molar-refractivity contribution >= 4 is 0 Å². The zero-order valence-corrected chi connectivity index (χ0v) is 13.4. The Bertz CT molecular complexity index is 300. The second-order valence-corrected chi connectivity index (χ2v) is 7.48. The van der Waals surface area contributed by atoms with Gasteiger partial charge < -0.3 is 14.6 Å². The van der Waals surface area contributed by atoms with Gasteiger partial charge in [0.05, 0.1) is 17.8 Å². The Kier molecular flexibility index (Phi) is 5.58. The summed E-state index contributed by atoms with van der Waals surface area (Å²) in [4.78, 5) is 0. The molecule has 1 aliphatic carbocycles. The van der Waals surface area contributed by atoms with Crippen molar-refractivity contribution in [3.63, 3.8) is 0 Å². The fourth-order valence-electron chi connectivity index (χ4n) is 4.57. The monoisotopic (exact) mass is 296 g/mol. The number of rotatable bonds is 4. The molecule has 0 aromatic heterocycles. The van der Waals surface area contributed by atoms with Gasteiger partial charge in [0.2, 0.25) is 0 Å². The van der Waals surface area contributed by atoms with Crippen LogP contribution in [0.1, 0.15) is 77.0 Å². The summed E-state index contributed by atoms with van der Waals surface area (Å²) in [5.41, 5.74) is 0.115. The molecule has 0 aromatic rings. The van der Waals surface area contributed by atoms with E-state index in [2.05, 4.69) is 0 Å². The minimum Gasteiger partial charge on any atom is -0.393 e. The standard InChI is InChI=1S/C18H32O3/c19-17(8-7-16-6-2-5-12-20-16)15-9-13-21-18(14-15)10-3-1-4-11-18/h15-17,19H,1-14H2. The first-order valence-corrected chi connectivity index (χ1v) is 9.21. The predicted molar refractivity (Wildman–Crippen MR) is 83.3 cm³/mol. The molecule has 2 saturated heterocycles. The van der Waals surface area contributed by atoms with Crippen molar-refractivity contribution in [1.82, 2.24) is 0 Å². The first-order chi connectivity index (χ1) is 10.3. The van der Waals surface area contributed by atoms with E-state index in [-0.39, 0.29) is 11.7 Å². The van der Waals surface area contributed by atoms with E-state index in [0.29, 0.717) is 12.0 Å². The van der Waals surface area contributed by atoms with E-state index in [4.69, 9.17) is 9.47 Å². The number of hydrogen-bond donors (Lipinski definition) is 1. The van der Waals surface area contributed by atoms with Crippen molar-refractivity contribution in [1.29, 1.82) is 0 Å². The molecule has 2 heterocycles. The average Bonchev–Trinajstić information content (AvgIpc) is 2.54. The molecular weight excluding hydrogens is 264 g/mol. The summed E-state index contributed by atoms with van der Waals surface area (Å²) in [5, 5.41) is 10.6. The maximum atomic E-state index is 10.6. The van der Waals surface area contributed by atoms with Crippen LogP contribution in [-0.4, -0.2) is 36.1 Å². The summed E-state index contributed by atoms with van der Waals surface area (Å²) in [6.45, 7) is 1.77. The number of hydrogen-bond acceptors (Lipinski definition) is 3. The molecule has 1 N–H and O–H groups in total. The van der Waals surface area contributed by atoms with Crippen LogP contribution in [0.25, 0.3) is 0 Å². The fraction of sp³-hybridized carbons (Fsp3) is 1.00. The summed E-state index contributed by atoms with van der Waals surface area (Å²) in [6, 6.07) is 0. The Balaban J connectivity index is 1.46. The van der Waals surface area contributed by atoms with Crippen molar-refractivity contribution in [2.45, 2.75) is 94.9 Å². The minimum atomic E-state index is -0.154. The molecule has 3 aliphatic rings. The number of aliphatic hydroxyl groups is 1. The van der Waals surface area contributed by atoms with Crippen LogP contribution in [0.5, 0.6) is 0 Å². The molecule has 3 unspecified atom stereocenters. The van der Waals surface area contributed by atoms with Crippen LogP contribution in [0.2, 0.25) is 0 Å². The van der Waals surface area contributed by atoms with Gasteiger partial charge in [-0.2, -0.15) is 0 Å².